The lowest BCUT2D eigenvalue weighted by molar-refractivity contribution is 0.314. The zero-order valence-electron chi connectivity index (χ0n) is 8.45. The van der Waals surface area contributed by atoms with Crippen LogP contribution in [0.1, 0.15) is 34.6 Å². The van der Waals surface area contributed by atoms with Crippen molar-refractivity contribution in [2.24, 2.45) is 5.41 Å². The van der Waals surface area contributed by atoms with Gasteiger partial charge in [0, 0.05) is 0 Å². The first-order chi connectivity index (χ1) is 4.19. The zero-order valence-corrected chi connectivity index (χ0v) is 9.34. The van der Waals surface area contributed by atoms with E-state index >= 15 is 0 Å². The molecule has 0 saturated carbocycles. The van der Waals surface area contributed by atoms with Gasteiger partial charge in [-0.25, -0.2) is 0 Å². The molecule has 0 aromatic rings. The zero-order chi connectivity index (χ0) is 8.58. The van der Waals surface area contributed by atoms with Crippen LogP contribution in [-0.2, 0) is 0 Å². The molecule has 62 valence electrons. The Morgan fingerprint density at radius 3 is 1.10 bits per heavy atom. The molecule has 0 aliphatic carbocycles. The quantitative estimate of drug-likeness (QED) is 0.514. The fourth-order valence-electron chi connectivity index (χ4n) is 0.671. The van der Waals surface area contributed by atoms with Gasteiger partial charge in [-0.15, -0.1) is 7.92 Å². The molecule has 0 spiro atoms. The molecule has 0 aromatic carbocycles. The Hall–Kier alpha value is 0.430. The van der Waals surface area contributed by atoms with Gasteiger partial charge in [0.25, 0.3) is 0 Å². The summed E-state index contributed by atoms with van der Waals surface area (Å²) in [6.07, 6.45) is 0. The lowest BCUT2D eigenvalue weighted by Gasteiger charge is -2.42. The summed E-state index contributed by atoms with van der Waals surface area (Å²) in [5.74, 6) is 0. The fraction of sp³-hybridized carbons (Fsp3) is 1.00. The van der Waals surface area contributed by atoms with Gasteiger partial charge < -0.3 is 0 Å². The lowest BCUT2D eigenvalue weighted by atomic mass is 9.82. The highest BCUT2D eigenvalue weighted by Crippen LogP contribution is 2.52. The topological polar surface area (TPSA) is 0 Å². The van der Waals surface area contributed by atoms with Crippen LogP contribution in [0.3, 0.4) is 0 Å². The third kappa shape index (κ3) is 1.95. The second-order valence-electron chi connectivity index (χ2n) is 4.70. The molecule has 0 aromatic heterocycles. The van der Waals surface area contributed by atoms with E-state index in [-0.39, 0.29) is 7.92 Å². The molecule has 0 saturated heterocycles. The summed E-state index contributed by atoms with van der Waals surface area (Å²) in [7, 11) is 0.168. The average molecular weight is 160 g/mol. The van der Waals surface area contributed by atoms with Crippen molar-refractivity contribution in [2.45, 2.75) is 39.8 Å². The van der Waals surface area contributed by atoms with Gasteiger partial charge >= 0.3 is 0 Å². The maximum Gasteiger partial charge on any atom is -0.0107 e. The van der Waals surface area contributed by atoms with E-state index in [1.54, 1.807) is 0 Å². The summed E-state index contributed by atoms with van der Waals surface area (Å²) >= 11 is 0. The summed E-state index contributed by atoms with van der Waals surface area (Å²) in [6.45, 7) is 16.5. The third-order valence-electron chi connectivity index (χ3n) is 2.95. The summed E-state index contributed by atoms with van der Waals surface area (Å²) in [6, 6.07) is 0. The first-order valence-electron chi connectivity index (χ1n) is 3.87. The predicted molar refractivity (Wildman–Crippen MR) is 52.3 cm³/mol. The van der Waals surface area contributed by atoms with Crippen LogP contribution in [-0.4, -0.2) is 18.5 Å². The molecule has 0 rings (SSSR count). The fourth-order valence-corrected chi connectivity index (χ4v) is 2.01. The molecule has 0 aliphatic rings. The van der Waals surface area contributed by atoms with E-state index in [0.29, 0.717) is 10.6 Å². The normalized spacial score (nSPS) is 14.4. The second kappa shape index (κ2) is 2.81. The van der Waals surface area contributed by atoms with E-state index in [2.05, 4.69) is 47.9 Å². The maximum atomic E-state index is 2.37. The van der Waals surface area contributed by atoms with Crippen LogP contribution < -0.4 is 0 Å². The van der Waals surface area contributed by atoms with Crippen molar-refractivity contribution >= 4 is 7.92 Å². The molecular weight excluding hydrogens is 139 g/mol. The maximum absolute atomic E-state index is 2.37. The van der Waals surface area contributed by atoms with Gasteiger partial charge in [-0.05, 0) is 23.9 Å². The second-order valence-corrected chi connectivity index (χ2v) is 7.61. The average Bonchev–Trinajstić information content (AvgIpc) is 1.62. The highest BCUT2D eigenvalue weighted by molar-refractivity contribution is 7.57. The molecule has 0 radical (unpaired) electrons. The lowest BCUT2D eigenvalue weighted by Crippen LogP contribution is -2.34. The van der Waals surface area contributed by atoms with Crippen LogP contribution in [0.25, 0.3) is 0 Å². The molecule has 0 heterocycles. The number of rotatable bonds is 1. The van der Waals surface area contributed by atoms with Crippen molar-refractivity contribution in [3.8, 4) is 0 Å². The van der Waals surface area contributed by atoms with E-state index in [4.69, 9.17) is 0 Å². The Morgan fingerprint density at radius 1 is 0.800 bits per heavy atom. The summed E-state index contributed by atoms with van der Waals surface area (Å²) in [5.41, 5.74) is 0.447. The van der Waals surface area contributed by atoms with Crippen molar-refractivity contribution in [2.75, 3.05) is 13.3 Å². The van der Waals surface area contributed by atoms with Crippen LogP contribution in [0.2, 0.25) is 0 Å². The van der Waals surface area contributed by atoms with Gasteiger partial charge in [0.15, 0.2) is 0 Å². The summed E-state index contributed by atoms with van der Waals surface area (Å²) in [4.78, 5) is 0. The minimum atomic E-state index is 0.168. The molecule has 0 N–H and O–H groups in total. The van der Waals surface area contributed by atoms with Crippen LogP contribution in [0, 0.1) is 5.41 Å². The Balaban J connectivity index is 4.40. The Morgan fingerprint density at radius 2 is 1.10 bits per heavy atom. The molecular formula is C9H21P. The summed E-state index contributed by atoms with van der Waals surface area (Å²) in [5, 5.41) is 0.502. The highest BCUT2D eigenvalue weighted by atomic mass is 31.1. The van der Waals surface area contributed by atoms with Crippen molar-refractivity contribution in [3.63, 3.8) is 0 Å². The van der Waals surface area contributed by atoms with Crippen LogP contribution in [0.15, 0.2) is 0 Å². The molecule has 0 aliphatic heterocycles. The van der Waals surface area contributed by atoms with Gasteiger partial charge in [0.2, 0.25) is 0 Å². The SMILES string of the molecule is CP(C)C(C)(C)C(C)(C)C. The van der Waals surface area contributed by atoms with Gasteiger partial charge in [-0.1, -0.05) is 34.6 Å². The largest absolute Gasteiger partial charge is 0.107 e. The van der Waals surface area contributed by atoms with Gasteiger partial charge in [0.1, 0.15) is 0 Å². The van der Waals surface area contributed by atoms with E-state index in [1.165, 1.54) is 0 Å². The molecule has 1 heteroatoms. The number of hydrogen-bond acceptors (Lipinski definition) is 0. The molecule has 0 unspecified atom stereocenters. The van der Waals surface area contributed by atoms with Crippen molar-refractivity contribution in [3.05, 3.63) is 0 Å². The monoisotopic (exact) mass is 160 g/mol. The first kappa shape index (κ1) is 10.4. The van der Waals surface area contributed by atoms with E-state index in [0.717, 1.165) is 0 Å². The minimum absolute atomic E-state index is 0.168. The Kier molecular flexibility index (Phi) is 2.94. The highest BCUT2D eigenvalue weighted by Gasteiger charge is 2.34. The molecule has 0 fully saturated rings. The summed E-state index contributed by atoms with van der Waals surface area (Å²) < 4.78 is 0. The van der Waals surface area contributed by atoms with E-state index < -0.39 is 0 Å². The predicted octanol–water partition coefficient (Wildman–Crippen LogP) is 3.55. The van der Waals surface area contributed by atoms with Gasteiger partial charge in [-0.2, -0.15) is 0 Å². The third-order valence-corrected chi connectivity index (χ3v) is 5.86. The molecule has 0 atom stereocenters. The van der Waals surface area contributed by atoms with E-state index in [9.17, 15) is 0 Å². The standard InChI is InChI=1S/C9H21P/c1-8(2,3)9(4,5)10(6)7/h1-7H3. The van der Waals surface area contributed by atoms with Gasteiger partial charge in [-0.3, -0.25) is 0 Å². The first-order valence-corrected chi connectivity index (χ1v) is 6.10. The number of hydrogen-bond donors (Lipinski definition) is 0. The molecule has 0 nitrogen and oxygen atoms in total. The van der Waals surface area contributed by atoms with Crippen molar-refractivity contribution in [1.82, 2.24) is 0 Å². The molecule has 0 bridgehead atoms. The minimum Gasteiger partial charge on any atom is -0.107 e. The van der Waals surface area contributed by atoms with Crippen LogP contribution >= 0.6 is 7.92 Å². The molecule has 0 amide bonds. The van der Waals surface area contributed by atoms with Crippen molar-refractivity contribution in [1.29, 1.82) is 0 Å². The van der Waals surface area contributed by atoms with Gasteiger partial charge in [0.05, 0.1) is 0 Å². The molecule has 10 heavy (non-hydrogen) atoms. The van der Waals surface area contributed by atoms with Crippen molar-refractivity contribution < 1.29 is 0 Å². The van der Waals surface area contributed by atoms with Crippen LogP contribution in [0.5, 0.6) is 0 Å². The Labute approximate surface area is 67.2 Å². The smallest absolute Gasteiger partial charge is 0.0107 e. The Bertz CT molecular complexity index is 106. The van der Waals surface area contributed by atoms with Crippen LogP contribution in [0.4, 0.5) is 0 Å². The van der Waals surface area contributed by atoms with E-state index in [1.807, 2.05) is 0 Å².